The van der Waals surface area contributed by atoms with Crippen molar-refractivity contribution >= 4 is 37.9 Å². The van der Waals surface area contributed by atoms with Crippen LogP contribution in [0.15, 0.2) is 40.5 Å². The molecule has 1 amide bonds. The van der Waals surface area contributed by atoms with E-state index in [2.05, 4.69) is 20.8 Å². The lowest BCUT2D eigenvalue weighted by molar-refractivity contribution is -0.110. The van der Waals surface area contributed by atoms with Gasteiger partial charge in [0.05, 0.1) is 40.9 Å². The molecule has 5 rings (SSSR count). The topological polar surface area (TPSA) is 128 Å². The van der Waals surface area contributed by atoms with Gasteiger partial charge in [0, 0.05) is 18.2 Å². The van der Waals surface area contributed by atoms with Gasteiger partial charge in [0.15, 0.2) is 26.8 Å². The van der Waals surface area contributed by atoms with Crippen molar-refractivity contribution in [1.29, 1.82) is 0 Å². The molecule has 2 N–H and O–H groups in total. The molecule has 0 radical (unpaired) electrons. The first-order valence-corrected chi connectivity index (χ1v) is 14.6. The number of piperidine rings is 1. The van der Waals surface area contributed by atoms with Gasteiger partial charge in [-0.1, -0.05) is 28.6 Å². The molecule has 1 aromatic heterocycles. The first-order chi connectivity index (χ1) is 17.5. The third-order valence-electron chi connectivity index (χ3n) is 6.34. The number of benzene rings is 1. The maximum Gasteiger partial charge on any atom is 0.280 e. The number of oxime groups is 1. The fourth-order valence-corrected chi connectivity index (χ4v) is 6.46. The average Bonchev–Trinajstić information content (AvgIpc) is 3.47. The number of rotatable bonds is 10. The van der Waals surface area contributed by atoms with Gasteiger partial charge in [0.2, 0.25) is 0 Å². The Balaban J connectivity index is 1.27. The van der Waals surface area contributed by atoms with Gasteiger partial charge >= 0.3 is 0 Å². The molecule has 2 saturated heterocycles. The van der Waals surface area contributed by atoms with E-state index in [0.29, 0.717) is 49.8 Å². The van der Waals surface area contributed by atoms with Crippen molar-refractivity contribution < 1.29 is 27.5 Å². The molecular formula is C24H30N4O6S2. The van der Waals surface area contributed by atoms with Crippen molar-refractivity contribution in [3.8, 4) is 0 Å². The zero-order valence-electron chi connectivity index (χ0n) is 19.9. The second kappa shape index (κ2) is 11.3. The van der Waals surface area contributed by atoms with Gasteiger partial charge in [0.1, 0.15) is 0 Å². The van der Waals surface area contributed by atoms with E-state index in [0.717, 1.165) is 30.8 Å². The largest absolute Gasteiger partial charge is 0.389 e. The molecule has 1 aromatic carbocycles. The van der Waals surface area contributed by atoms with Crippen molar-refractivity contribution in [2.75, 3.05) is 31.6 Å². The normalized spacial score (nSPS) is 21.4. The van der Waals surface area contributed by atoms with Crippen molar-refractivity contribution in [3.05, 3.63) is 40.9 Å². The van der Waals surface area contributed by atoms with Crippen LogP contribution >= 0.6 is 11.3 Å². The SMILES string of the molecule is O=C(Nc1ncc(COC2CCNCC2)s1)/C(=N/O[C@@H]1CCOC1)c1ccc(S(=O)(=O)C2CC2)cc1. The van der Waals surface area contributed by atoms with Crippen molar-refractivity contribution in [2.24, 2.45) is 5.16 Å². The number of nitrogens with zero attached hydrogens (tertiary/aromatic N) is 2. The standard InChI is InChI=1S/C24H30N4O6S2/c29-23(27-24-26-13-19(35-24)15-33-17-7-10-25-11-8-17)22(28-34-18-9-12-32-14-18)16-1-3-20(4-2-16)36(30,31)21-5-6-21/h1-4,13,17-18,21,25H,5-12,14-15H2,(H,26,27,29)/b28-22+/t18-/m1/s1. The third-order valence-corrected chi connectivity index (χ3v) is 9.50. The highest BCUT2D eigenvalue weighted by atomic mass is 32.2. The van der Waals surface area contributed by atoms with Gasteiger partial charge in [-0.25, -0.2) is 13.4 Å². The van der Waals surface area contributed by atoms with Gasteiger partial charge in [-0.05, 0) is 50.9 Å². The molecule has 0 unspecified atom stereocenters. The molecule has 0 spiro atoms. The Hall–Kier alpha value is -2.38. The smallest absolute Gasteiger partial charge is 0.280 e. The minimum Gasteiger partial charge on any atom is -0.389 e. The number of anilines is 1. The molecule has 2 aromatic rings. The molecule has 1 saturated carbocycles. The highest BCUT2D eigenvalue weighted by Crippen LogP contribution is 2.33. The van der Waals surface area contributed by atoms with E-state index in [9.17, 15) is 13.2 Å². The number of aromatic nitrogens is 1. The van der Waals surface area contributed by atoms with Crippen molar-refractivity contribution in [3.63, 3.8) is 0 Å². The highest BCUT2D eigenvalue weighted by Gasteiger charge is 2.36. The van der Waals surface area contributed by atoms with Gasteiger partial charge in [-0.15, -0.1) is 0 Å². The summed E-state index contributed by atoms with van der Waals surface area (Å²) in [7, 11) is -3.33. The minimum absolute atomic E-state index is 0.0416. The molecule has 2 aliphatic heterocycles. The Kier molecular flexibility index (Phi) is 7.96. The van der Waals surface area contributed by atoms with Gasteiger partial charge in [-0.3, -0.25) is 10.1 Å². The van der Waals surface area contributed by atoms with Crippen LogP contribution in [0.1, 0.15) is 42.5 Å². The second-order valence-electron chi connectivity index (χ2n) is 9.15. The molecule has 3 heterocycles. The van der Waals surface area contributed by atoms with Crippen LogP contribution in [-0.4, -0.2) is 68.8 Å². The number of hydrogen-bond acceptors (Lipinski definition) is 10. The molecule has 0 bridgehead atoms. The van der Waals surface area contributed by atoms with Crippen molar-refractivity contribution in [2.45, 2.75) is 61.1 Å². The van der Waals surface area contributed by atoms with Gasteiger partial charge in [-0.2, -0.15) is 0 Å². The number of amides is 1. The Bertz CT molecular complexity index is 1180. The van der Waals surface area contributed by atoms with E-state index < -0.39 is 15.7 Å². The average molecular weight is 535 g/mol. The number of carbonyl (C=O) groups is 1. The maximum atomic E-state index is 13.2. The van der Waals surface area contributed by atoms with Crippen LogP contribution in [0.2, 0.25) is 0 Å². The zero-order chi connectivity index (χ0) is 25.0. The van der Waals surface area contributed by atoms with Crippen LogP contribution in [0.5, 0.6) is 0 Å². The quantitative estimate of drug-likeness (QED) is 0.352. The van der Waals surface area contributed by atoms with E-state index in [1.165, 1.54) is 23.5 Å². The number of nitrogens with one attached hydrogen (secondary N) is 2. The van der Waals surface area contributed by atoms with Crippen LogP contribution in [-0.2, 0) is 35.5 Å². The molecule has 3 fully saturated rings. The third kappa shape index (κ3) is 6.30. The Morgan fingerprint density at radius 1 is 1.14 bits per heavy atom. The van der Waals surface area contributed by atoms with Gasteiger partial charge in [0.25, 0.3) is 5.91 Å². The van der Waals surface area contributed by atoms with Crippen LogP contribution in [0.25, 0.3) is 0 Å². The summed E-state index contributed by atoms with van der Waals surface area (Å²) in [6, 6.07) is 6.21. The summed E-state index contributed by atoms with van der Waals surface area (Å²) < 4.78 is 36.4. The van der Waals surface area contributed by atoms with E-state index in [-0.39, 0.29) is 28.1 Å². The summed E-state index contributed by atoms with van der Waals surface area (Å²) in [5.41, 5.74) is 0.493. The first-order valence-electron chi connectivity index (χ1n) is 12.2. The lowest BCUT2D eigenvalue weighted by Gasteiger charge is -2.22. The van der Waals surface area contributed by atoms with E-state index in [4.69, 9.17) is 14.3 Å². The van der Waals surface area contributed by atoms with E-state index in [1.807, 2.05) is 0 Å². The van der Waals surface area contributed by atoms with Crippen LogP contribution in [0.3, 0.4) is 0 Å². The Morgan fingerprint density at radius 2 is 1.92 bits per heavy atom. The predicted molar refractivity (Wildman–Crippen MR) is 135 cm³/mol. The van der Waals surface area contributed by atoms with Crippen LogP contribution in [0.4, 0.5) is 5.13 Å². The Labute approximate surface area is 214 Å². The van der Waals surface area contributed by atoms with Crippen LogP contribution < -0.4 is 10.6 Å². The van der Waals surface area contributed by atoms with Gasteiger partial charge < -0.3 is 19.6 Å². The molecule has 12 heteroatoms. The first kappa shape index (κ1) is 25.3. The number of hydrogen-bond donors (Lipinski definition) is 2. The zero-order valence-corrected chi connectivity index (χ0v) is 21.5. The highest BCUT2D eigenvalue weighted by molar-refractivity contribution is 7.92. The molecule has 1 atom stereocenters. The number of carbonyl (C=O) groups excluding carboxylic acids is 1. The van der Waals surface area contributed by atoms with E-state index >= 15 is 0 Å². The lowest BCUT2D eigenvalue weighted by Crippen LogP contribution is -2.32. The predicted octanol–water partition coefficient (Wildman–Crippen LogP) is 2.50. The molecule has 3 aliphatic rings. The second-order valence-corrected chi connectivity index (χ2v) is 12.5. The molecule has 10 nitrogen and oxygen atoms in total. The summed E-state index contributed by atoms with van der Waals surface area (Å²) in [6.45, 7) is 3.35. The number of thiazole rings is 1. The minimum atomic E-state index is -3.33. The fourth-order valence-electron chi connectivity index (χ4n) is 4.07. The summed E-state index contributed by atoms with van der Waals surface area (Å²) in [5.74, 6) is -0.494. The summed E-state index contributed by atoms with van der Waals surface area (Å²) in [4.78, 5) is 24.2. The molecular weight excluding hydrogens is 504 g/mol. The lowest BCUT2D eigenvalue weighted by atomic mass is 10.1. The number of sulfone groups is 1. The summed E-state index contributed by atoms with van der Waals surface area (Å²) in [6.07, 6.45) is 5.72. The monoisotopic (exact) mass is 534 g/mol. The summed E-state index contributed by atoms with van der Waals surface area (Å²) >= 11 is 1.34. The maximum absolute atomic E-state index is 13.2. The number of ether oxygens (including phenoxy) is 2. The molecule has 1 aliphatic carbocycles. The molecule has 194 valence electrons. The van der Waals surface area contributed by atoms with Crippen molar-refractivity contribution in [1.82, 2.24) is 10.3 Å². The molecule has 36 heavy (non-hydrogen) atoms. The van der Waals surface area contributed by atoms with E-state index in [1.54, 1.807) is 18.3 Å². The van der Waals surface area contributed by atoms with Crippen LogP contribution in [0, 0.1) is 0 Å². The Morgan fingerprint density at radius 3 is 2.61 bits per heavy atom. The summed E-state index contributed by atoms with van der Waals surface area (Å²) in [5, 5.41) is 10.4. The fraction of sp³-hybridized carbons (Fsp3) is 0.542.